The Morgan fingerprint density at radius 1 is 0.679 bits per heavy atom. The van der Waals surface area contributed by atoms with Crippen LogP contribution in [0.15, 0.2) is 24.3 Å². The summed E-state index contributed by atoms with van der Waals surface area (Å²) in [4.78, 5) is 0. The molecule has 7 heteroatoms. The highest BCUT2D eigenvalue weighted by atomic mass is 16.5. The van der Waals surface area contributed by atoms with Crippen LogP contribution in [-0.2, 0) is 0 Å². The molecule has 0 amide bonds. The standard InChI is InChI=1S/C21H23NO6/c1-23-16-9-7-13(18(25-3)20(16)27-5)11-14(12-22)15-8-10-17(24-2)21(28-6)19(15)26-4/h7-11H,1-6H3. The molecule has 0 aliphatic heterocycles. The summed E-state index contributed by atoms with van der Waals surface area (Å²) in [5.41, 5.74) is 1.55. The van der Waals surface area contributed by atoms with E-state index < -0.39 is 0 Å². The monoisotopic (exact) mass is 385 g/mol. The van der Waals surface area contributed by atoms with Crippen molar-refractivity contribution in [3.63, 3.8) is 0 Å². The molecule has 0 atom stereocenters. The number of allylic oxidation sites excluding steroid dienone is 1. The minimum atomic E-state index is 0.350. The van der Waals surface area contributed by atoms with Crippen LogP contribution in [0.3, 0.4) is 0 Å². The summed E-state index contributed by atoms with van der Waals surface area (Å²) < 4.78 is 32.4. The molecule has 0 N–H and O–H groups in total. The fraction of sp³-hybridized carbons (Fsp3) is 0.286. The van der Waals surface area contributed by atoms with E-state index in [4.69, 9.17) is 28.4 Å². The van der Waals surface area contributed by atoms with E-state index in [2.05, 4.69) is 6.07 Å². The summed E-state index contributed by atoms with van der Waals surface area (Å²) in [7, 11) is 9.15. The number of hydrogen-bond acceptors (Lipinski definition) is 7. The third-order valence-electron chi connectivity index (χ3n) is 4.15. The summed E-state index contributed by atoms with van der Waals surface area (Å²) in [6, 6.07) is 9.19. The average molecular weight is 385 g/mol. The maximum Gasteiger partial charge on any atom is 0.203 e. The highest BCUT2D eigenvalue weighted by Gasteiger charge is 2.20. The molecule has 0 radical (unpaired) electrons. The van der Waals surface area contributed by atoms with Crippen LogP contribution in [0.5, 0.6) is 34.5 Å². The lowest BCUT2D eigenvalue weighted by Gasteiger charge is -2.16. The molecule has 2 aromatic rings. The molecule has 0 fully saturated rings. The number of ether oxygens (including phenoxy) is 6. The van der Waals surface area contributed by atoms with Gasteiger partial charge in [-0.1, -0.05) is 0 Å². The van der Waals surface area contributed by atoms with Gasteiger partial charge in [0.15, 0.2) is 23.0 Å². The summed E-state index contributed by atoms with van der Waals surface area (Å²) in [6.07, 6.45) is 1.69. The molecule has 0 unspecified atom stereocenters. The van der Waals surface area contributed by atoms with Gasteiger partial charge in [0.2, 0.25) is 11.5 Å². The number of hydrogen-bond donors (Lipinski definition) is 0. The Morgan fingerprint density at radius 3 is 1.64 bits per heavy atom. The molecular formula is C21H23NO6. The largest absolute Gasteiger partial charge is 0.493 e. The Kier molecular flexibility index (Phi) is 6.99. The minimum Gasteiger partial charge on any atom is -0.493 e. The highest BCUT2D eigenvalue weighted by molar-refractivity contribution is 5.94. The molecule has 0 aliphatic carbocycles. The third kappa shape index (κ3) is 3.76. The lowest BCUT2D eigenvalue weighted by Crippen LogP contribution is -1.99. The Labute approximate surface area is 164 Å². The first-order valence-corrected chi connectivity index (χ1v) is 8.30. The summed E-state index contributed by atoms with van der Waals surface area (Å²) in [6.45, 7) is 0. The molecule has 0 aliphatic rings. The Balaban J connectivity index is 2.71. The van der Waals surface area contributed by atoms with E-state index in [0.717, 1.165) is 0 Å². The second-order valence-corrected chi connectivity index (χ2v) is 5.48. The number of methoxy groups -OCH3 is 6. The molecule has 0 spiro atoms. The summed E-state index contributed by atoms with van der Waals surface area (Å²) in [5.74, 6) is 2.73. The van der Waals surface area contributed by atoms with E-state index in [9.17, 15) is 5.26 Å². The molecule has 7 nitrogen and oxygen atoms in total. The number of nitriles is 1. The van der Waals surface area contributed by atoms with Gasteiger partial charge in [0, 0.05) is 11.1 Å². The van der Waals surface area contributed by atoms with Gasteiger partial charge in [-0.2, -0.15) is 5.26 Å². The van der Waals surface area contributed by atoms with Gasteiger partial charge in [-0.05, 0) is 30.3 Å². The van der Waals surface area contributed by atoms with Crippen LogP contribution in [0.25, 0.3) is 11.6 Å². The topological polar surface area (TPSA) is 79.2 Å². The molecular weight excluding hydrogens is 362 g/mol. The molecule has 2 aromatic carbocycles. The van der Waals surface area contributed by atoms with Crippen LogP contribution < -0.4 is 28.4 Å². The van der Waals surface area contributed by atoms with Crippen LogP contribution in [-0.4, -0.2) is 42.7 Å². The van der Waals surface area contributed by atoms with Gasteiger partial charge in [-0.15, -0.1) is 0 Å². The first-order valence-electron chi connectivity index (χ1n) is 8.30. The maximum absolute atomic E-state index is 9.80. The first kappa shape index (κ1) is 20.8. The molecule has 0 saturated heterocycles. The zero-order valence-corrected chi connectivity index (χ0v) is 16.8. The van der Waals surface area contributed by atoms with E-state index in [1.165, 1.54) is 35.5 Å². The van der Waals surface area contributed by atoms with Crippen molar-refractivity contribution in [3.8, 4) is 40.6 Å². The zero-order chi connectivity index (χ0) is 20.7. The van der Waals surface area contributed by atoms with E-state index in [0.29, 0.717) is 51.2 Å². The molecule has 2 rings (SSSR count). The molecule has 0 heterocycles. The van der Waals surface area contributed by atoms with E-state index >= 15 is 0 Å². The number of rotatable bonds is 8. The van der Waals surface area contributed by atoms with Crippen molar-refractivity contribution >= 4 is 11.6 Å². The summed E-state index contributed by atoms with van der Waals surface area (Å²) in [5, 5.41) is 9.80. The number of benzene rings is 2. The van der Waals surface area contributed by atoms with Crippen molar-refractivity contribution in [1.29, 1.82) is 5.26 Å². The first-order chi connectivity index (χ1) is 13.6. The Hall–Kier alpha value is -3.53. The second-order valence-electron chi connectivity index (χ2n) is 5.48. The average Bonchev–Trinajstić information content (AvgIpc) is 2.75. The van der Waals surface area contributed by atoms with Crippen LogP contribution in [0.1, 0.15) is 11.1 Å². The van der Waals surface area contributed by atoms with Crippen LogP contribution >= 0.6 is 0 Å². The lowest BCUT2D eigenvalue weighted by atomic mass is 10.0. The van der Waals surface area contributed by atoms with Gasteiger partial charge in [0.05, 0.1) is 54.3 Å². The molecule has 28 heavy (non-hydrogen) atoms. The summed E-state index contributed by atoms with van der Waals surface area (Å²) >= 11 is 0. The lowest BCUT2D eigenvalue weighted by molar-refractivity contribution is 0.323. The predicted octanol–water partition coefficient (Wildman–Crippen LogP) is 3.80. The van der Waals surface area contributed by atoms with Crippen molar-refractivity contribution in [3.05, 3.63) is 35.4 Å². The van der Waals surface area contributed by atoms with Crippen molar-refractivity contribution in [1.82, 2.24) is 0 Å². The molecule has 0 aromatic heterocycles. The quantitative estimate of drug-likeness (QED) is 0.505. The fourth-order valence-corrected chi connectivity index (χ4v) is 2.88. The van der Waals surface area contributed by atoms with E-state index in [1.807, 2.05) is 0 Å². The molecule has 0 bridgehead atoms. The molecule has 0 saturated carbocycles. The van der Waals surface area contributed by atoms with Crippen molar-refractivity contribution in [2.45, 2.75) is 0 Å². The van der Waals surface area contributed by atoms with Crippen LogP contribution in [0, 0.1) is 11.3 Å². The van der Waals surface area contributed by atoms with Crippen molar-refractivity contribution in [2.24, 2.45) is 0 Å². The maximum atomic E-state index is 9.80. The normalized spacial score (nSPS) is 10.7. The third-order valence-corrected chi connectivity index (χ3v) is 4.15. The SMILES string of the molecule is COc1ccc(C=C(C#N)c2ccc(OC)c(OC)c2OC)c(OC)c1OC. The Bertz CT molecular complexity index is 914. The predicted molar refractivity (Wildman–Crippen MR) is 106 cm³/mol. The van der Waals surface area contributed by atoms with Crippen molar-refractivity contribution < 1.29 is 28.4 Å². The highest BCUT2D eigenvalue weighted by Crippen LogP contribution is 2.44. The minimum absolute atomic E-state index is 0.350. The van der Waals surface area contributed by atoms with Crippen LogP contribution in [0.2, 0.25) is 0 Å². The second kappa shape index (κ2) is 9.42. The van der Waals surface area contributed by atoms with Gasteiger partial charge >= 0.3 is 0 Å². The number of nitrogens with zero attached hydrogens (tertiary/aromatic N) is 1. The van der Waals surface area contributed by atoms with E-state index in [1.54, 1.807) is 37.5 Å². The fourth-order valence-electron chi connectivity index (χ4n) is 2.88. The van der Waals surface area contributed by atoms with Gasteiger partial charge < -0.3 is 28.4 Å². The Morgan fingerprint density at radius 2 is 1.18 bits per heavy atom. The zero-order valence-electron chi connectivity index (χ0n) is 16.8. The van der Waals surface area contributed by atoms with Gasteiger partial charge in [0.1, 0.15) is 0 Å². The van der Waals surface area contributed by atoms with Crippen molar-refractivity contribution in [2.75, 3.05) is 42.7 Å². The van der Waals surface area contributed by atoms with Gasteiger partial charge in [0.25, 0.3) is 0 Å². The van der Waals surface area contributed by atoms with E-state index in [-0.39, 0.29) is 0 Å². The molecule has 148 valence electrons. The van der Waals surface area contributed by atoms with Gasteiger partial charge in [-0.25, -0.2) is 0 Å². The van der Waals surface area contributed by atoms with Crippen LogP contribution in [0.4, 0.5) is 0 Å². The van der Waals surface area contributed by atoms with Gasteiger partial charge in [-0.3, -0.25) is 0 Å². The smallest absolute Gasteiger partial charge is 0.203 e.